The minimum absolute atomic E-state index is 0.00850. The third-order valence-corrected chi connectivity index (χ3v) is 14.1. The van der Waals surface area contributed by atoms with E-state index in [-0.39, 0.29) is 29.5 Å². The van der Waals surface area contributed by atoms with Gasteiger partial charge in [0.15, 0.2) is 5.79 Å². The molecule has 2 aliphatic rings. The minimum Gasteiger partial charge on any atom is -0.404 e. The van der Waals surface area contributed by atoms with Crippen LogP contribution in [-0.4, -0.2) is 51.7 Å². The smallest absolute Gasteiger partial charge is 0.261 e. The zero-order chi connectivity index (χ0) is 31.0. The highest BCUT2D eigenvalue weighted by molar-refractivity contribution is 6.99. The second-order valence-corrected chi connectivity index (χ2v) is 18.2. The van der Waals surface area contributed by atoms with Gasteiger partial charge < -0.3 is 23.4 Å². The van der Waals surface area contributed by atoms with Crippen LogP contribution in [0.2, 0.25) is 5.04 Å². The Morgan fingerprint density at radius 3 is 1.98 bits per heavy atom. The van der Waals surface area contributed by atoms with E-state index in [2.05, 4.69) is 106 Å². The first-order valence-electron chi connectivity index (χ1n) is 16.5. The molecular weight excluding hydrogens is 564 g/mol. The fraction of sp³-hybridized carbons (Fsp3) is 0.526. The van der Waals surface area contributed by atoms with E-state index in [0.29, 0.717) is 19.8 Å². The summed E-state index contributed by atoms with van der Waals surface area (Å²) >= 11 is 0. The van der Waals surface area contributed by atoms with Gasteiger partial charge in [0.2, 0.25) is 0 Å². The Balaban J connectivity index is 1.37. The molecule has 4 atom stereocenters. The Morgan fingerprint density at radius 2 is 1.41 bits per heavy atom. The molecule has 2 unspecified atom stereocenters. The van der Waals surface area contributed by atoms with Crippen molar-refractivity contribution in [2.45, 2.75) is 115 Å². The van der Waals surface area contributed by atoms with Crippen molar-refractivity contribution in [2.24, 2.45) is 0 Å². The van der Waals surface area contributed by atoms with E-state index in [9.17, 15) is 0 Å². The lowest BCUT2D eigenvalue weighted by Crippen LogP contribution is -2.68. The molecule has 0 spiro atoms. The lowest BCUT2D eigenvalue weighted by Gasteiger charge is -2.46. The average Bonchev–Trinajstić information content (AvgIpc) is 3.36. The fourth-order valence-electron chi connectivity index (χ4n) is 6.94. The maximum Gasteiger partial charge on any atom is 0.261 e. The van der Waals surface area contributed by atoms with E-state index < -0.39 is 14.1 Å². The molecule has 6 heteroatoms. The number of benzene rings is 3. The van der Waals surface area contributed by atoms with Crippen LogP contribution in [0.3, 0.4) is 0 Å². The van der Waals surface area contributed by atoms with Crippen molar-refractivity contribution in [3.8, 4) is 0 Å². The van der Waals surface area contributed by atoms with Crippen LogP contribution in [0.1, 0.15) is 78.7 Å². The molecule has 0 radical (unpaired) electrons. The first-order valence-corrected chi connectivity index (χ1v) is 18.4. The van der Waals surface area contributed by atoms with Gasteiger partial charge in [-0.2, -0.15) is 0 Å². The van der Waals surface area contributed by atoms with Crippen LogP contribution < -0.4 is 10.4 Å². The number of hydrogen-bond acceptors (Lipinski definition) is 5. The van der Waals surface area contributed by atoms with Crippen LogP contribution in [0.15, 0.2) is 91.0 Å². The summed E-state index contributed by atoms with van der Waals surface area (Å²) in [6, 6.07) is 32.3. The zero-order valence-corrected chi connectivity index (χ0v) is 28.4. The molecule has 5 nitrogen and oxygen atoms in total. The van der Waals surface area contributed by atoms with Gasteiger partial charge in [0.25, 0.3) is 8.32 Å². The van der Waals surface area contributed by atoms with Crippen LogP contribution in [0.5, 0.6) is 0 Å². The second kappa shape index (κ2) is 14.8. The first kappa shape index (κ1) is 33.1. The first-order chi connectivity index (χ1) is 21.1. The number of rotatable bonds is 13. The lowest BCUT2D eigenvalue weighted by molar-refractivity contribution is -0.147. The van der Waals surface area contributed by atoms with Crippen molar-refractivity contribution in [3.63, 3.8) is 0 Å². The van der Waals surface area contributed by atoms with E-state index in [1.807, 2.05) is 19.9 Å². The number of hydrogen-bond donors (Lipinski definition) is 0. The maximum atomic E-state index is 7.66. The van der Waals surface area contributed by atoms with E-state index in [0.717, 1.165) is 38.5 Å². The molecule has 238 valence electrons. The monoisotopic (exact) mass is 616 g/mol. The summed E-state index contributed by atoms with van der Waals surface area (Å²) in [4.78, 5) is 0. The molecule has 2 saturated heterocycles. The minimum atomic E-state index is -2.73. The van der Waals surface area contributed by atoms with Gasteiger partial charge in [-0.3, -0.25) is 0 Å². The van der Waals surface area contributed by atoms with E-state index in [1.165, 1.54) is 15.9 Å². The van der Waals surface area contributed by atoms with Gasteiger partial charge in [0.1, 0.15) is 0 Å². The highest BCUT2D eigenvalue weighted by Crippen LogP contribution is 2.39. The summed E-state index contributed by atoms with van der Waals surface area (Å²) in [6.45, 7) is 12.9. The Kier molecular flexibility index (Phi) is 11.2. The molecule has 2 fully saturated rings. The van der Waals surface area contributed by atoms with Gasteiger partial charge in [-0.25, -0.2) is 0 Å². The summed E-state index contributed by atoms with van der Waals surface area (Å²) in [5, 5.41) is 2.51. The summed E-state index contributed by atoms with van der Waals surface area (Å²) in [6.07, 6.45) is 6.21. The molecule has 2 heterocycles. The Labute approximate surface area is 266 Å². The summed E-state index contributed by atoms with van der Waals surface area (Å²) in [5.74, 6) is -0.507. The van der Waals surface area contributed by atoms with Crippen molar-refractivity contribution in [1.82, 2.24) is 0 Å². The van der Waals surface area contributed by atoms with Gasteiger partial charge in [0.05, 0.1) is 37.6 Å². The molecule has 0 bridgehead atoms. The van der Waals surface area contributed by atoms with Crippen molar-refractivity contribution >= 4 is 18.7 Å². The summed E-state index contributed by atoms with van der Waals surface area (Å²) in [5.41, 5.74) is 1.19. The van der Waals surface area contributed by atoms with Gasteiger partial charge in [0, 0.05) is 13.0 Å². The van der Waals surface area contributed by atoms with E-state index in [1.54, 1.807) is 0 Å². The van der Waals surface area contributed by atoms with Crippen molar-refractivity contribution in [3.05, 3.63) is 96.6 Å². The molecular formula is C38H52O5Si. The molecule has 5 rings (SSSR count). The van der Waals surface area contributed by atoms with Crippen molar-refractivity contribution in [1.29, 1.82) is 0 Å². The van der Waals surface area contributed by atoms with Crippen LogP contribution >= 0.6 is 0 Å². The third kappa shape index (κ3) is 8.48. The predicted molar refractivity (Wildman–Crippen MR) is 180 cm³/mol. The molecule has 0 aliphatic carbocycles. The highest BCUT2D eigenvalue weighted by Gasteiger charge is 2.51. The third-order valence-electron chi connectivity index (χ3n) is 9.01. The van der Waals surface area contributed by atoms with Crippen LogP contribution in [0.25, 0.3) is 0 Å². The maximum absolute atomic E-state index is 7.66. The summed E-state index contributed by atoms with van der Waals surface area (Å²) in [7, 11) is -2.73. The Bertz CT molecular complexity index is 1220. The highest BCUT2D eigenvalue weighted by atomic mass is 28.4. The fourth-order valence-corrected chi connectivity index (χ4v) is 11.7. The molecule has 0 N–H and O–H groups in total. The normalized spacial score (nSPS) is 23.0. The molecule has 2 aliphatic heterocycles. The Hall–Kier alpha value is -2.32. The summed E-state index contributed by atoms with van der Waals surface area (Å²) < 4.78 is 32.7. The van der Waals surface area contributed by atoms with Gasteiger partial charge in [-0.1, -0.05) is 112 Å². The van der Waals surface area contributed by atoms with Crippen LogP contribution in [-0.2, 0) is 30.0 Å². The van der Waals surface area contributed by atoms with E-state index >= 15 is 0 Å². The molecule has 44 heavy (non-hydrogen) atoms. The molecule has 0 amide bonds. The largest absolute Gasteiger partial charge is 0.404 e. The quantitative estimate of drug-likeness (QED) is 0.148. The average molecular weight is 617 g/mol. The topological polar surface area (TPSA) is 46.2 Å². The van der Waals surface area contributed by atoms with Gasteiger partial charge in [-0.05, 0) is 66.9 Å². The Morgan fingerprint density at radius 1 is 0.818 bits per heavy atom. The van der Waals surface area contributed by atoms with Crippen molar-refractivity contribution in [2.75, 3.05) is 13.2 Å². The zero-order valence-electron chi connectivity index (χ0n) is 27.4. The number of ether oxygens (including phenoxy) is 4. The standard InChI is InChI=1S/C38H52O5Si/c1-37(2,3)44(35-20-11-7-12-21-35,36-22-13-8-14-23-36)43-33(24-25-39-28-30-16-9-6-10-17-30)26-31-18-15-19-32(41-31)27-34-29-40-38(4,5)42-34/h6-14,16-17,20-23,31-34H,15,18-19,24-29H2,1-5H3/t31?,32-,33+,34?/m1/s1. The lowest BCUT2D eigenvalue weighted by atomic mass is 9.96. The van der Waals surface area contributed by atoms with Gasteiger partial charge >= 0.3 is 0 Å². The van der Waals surface area contributed by atoms with Gasteiger partial charge in [-0.15, -0.1) is 0 Å². The SMILES string of the molecule is CC1(C)OCC(C[C@H]2CCCC(C[C@H](CCOCc3ccccc3)O[Si](c3ccccc3)(c3ccccc3)C(C)(C)C)O2)O1. The van der Waals surface area contributed by atoms with Crippen LogP contribution in [0.4, 0.5) is 0 Å². The molecule has 3 aromatic rings. The van der Waals surface area contributed by atoms with E-state index in [4.69, 9.17) is 23.4 Å². The molecule has 0 saturated carbocycles. The second-order valence-electron chi connectivity index (χ2n) is 14.0. The predicted octanol–water partition coefficient (Wildman–Crippen LogP) is 7.41. The van der Waals surface area contributed by atoms with Crippen molar-refractivity contribution < 1.29 is 23.4 Å². The van der Waals surface area contributed by atoms with Crippen LogP contribution in [0, 0.1) is 0 Å². The molecule has 0 aromatic heterocycles. The molecule has 3 aromatic carbocycles.